The molecule has 3 fully saturated rings. The fraction of sp³-hybridized carbons (Fsp3) is 0.560. The van der Waals surface area contributed by atoms with Crippen molar-refractivity contribution >= 4 is 45.7 Å². The van der Waals surface area contributed by atoms with Crippen LogP contribution in [0.2, 0.25) is 10.2 Å². The summed E-state index contributed by atoms with van der Waals surface area (Å²) in [5, 5.41) is 10.1. The summed E-state index contributed by atoms with van der Waals surface area (Å²) in [6.07, 6.45) is 9.14. The third kappa shape index (κ3) is 3.77. The van der Waals surface area contributed by atoms with Crippen LogP contribution in [0, 0.1) is 0 Å². The first-order chi connectivity index (χ1) is 16.3. The van der Waals surface area contributed by atoms with Gasteiger partial charge in [0.15, 0.2) is 5.15 Å². The maximum absolute atomic E-state index is 6.72. The van der Waals surface area contributed by atoms with Gasteiger partial charge < -0.3 is 10.1 Å². The van der Waals surface area contributed by atoms with Crippen LogP contribution in [0.3, 0.4) is 0 Å². The zero-order chi connectivity index (χ0) is 23.5. The van der Waals surface area contributed by atoms with E-state index in [4.69, 9.17) is 32.9 Å². The van der Waals surface area contributed by atoms with Gasteiger partial charge in [0.25, 0.3) is 0 Å². The lowest BCUT2D eigenvalue weighted by molar-refractivity contribution is -0.136. The Kier molecular flexibility index (Phi) is 5.52. The van der Waals surface area contributed by atoms with E-state index >= 15 is 0 Å². The second-order valence-corrected chi connectivity index (χ2v) is 11.4. The van der Waals surface area contributed by atoms with Gasteiger partial charge in [-0.25, -0.2) is 14.6 Å². The van der Waals surface area contributed by atoms with Crippen molar-refractivity contribution in [1.82, 2.24) is 24.6 Å². The molecule has 34 heavy (non-hydrogen) atoms. The average Bonchev–Trinajstić information content (AvgIpc) is 3.16. The third-order valence-corrected chi connectivity index (χ3v) is 8.81. The molecule has 7 nitrogen and oxygen atoms in total. The highest BCUT2D eigenvalue weighted by Gasteiger charge is 2.41. The van der Waals surface area contributed by atoms with Crippen molar-refractivity contribution in [3.63, 3.8) is 0 Å². The molecule has 0 unspecified atom stereocenters. The molecule has 2 saturated heterocycles. The van der Waals surface area contributed by atoms with Crippen LogP contribution in [0.4, 0.5) is 11.6 Å². The number of aromatic nitrogens is 4. The van der Waals surface area contributed by atoms with Crippen LogP contribution in [0.1, 0.15) is 57.4 Å². The average molecular weight is 501 g/mol. The number of hydrogen-bond acceptors (Lipinski definition) is 6. The Morgan fingerprint density at radius 3 is 2.47 bits per heavy atom. The van der Waals surface area contributed by atoms with Crippen LogP contribution in [0.5, 0.6) is 0 Å². The largest absolute Gasteiger partial charge is 0.377 e. The van der Waals surface area contributed by atoms with E-state index in [1.165, 1.54) is 12.0 Å². The molecule has 2 aliphatic heterocycles. The maximum atomic E-state index is 6.72. The molecular weight excluding hydrogens is 471 g/mol. The molecule has 1 N–H and O–H groups in total. The summed E-state index contributed by atoms with van der Waals surface area (Å²) in [5.41, 5.74) is 3.00. The number of fused-ring (bicyclic) bond motifs is 1. The highest BCUT2D eigenvalue weighted by Crippen LogP contribution is 2.42. The van der Waals surface area contributed by atoms with E-state index in [-0.39, 0.29) is 11.1 Å². The van der Waals surface area contributed by atoms with Gasteiger partial charge in [-0.1, -0.05) is 23.2 Å². The molecule has 4 heterocycles. The van der Waals surface area contributed by atoms with E-state index in [9.17, 15) is 0 Å². The van der Waals surface area contributed by atoms with Crippen LogP contribution in [-0.4, -0.2) is 56.5 Å². The summed E-state index contributed by atoms with van der Waals surface area (Å²) in [7, 11) is 0. The minimum absolute atomic E-state index is 0.00552. The fourth-order valence-electron chi connectivity index (χ4n) is 5.57. The number of nitrogens with one attached hydrogen (secondary N) is 1. The molecule has 1 saturated carbocycles. The lowest BCUT2D eigenvalue weighted by atomic mass is 9.79. The van der Waals surface area contributed by atoms with Crippen molar-refractivity contribution < 1.29 is 4.74 Å². The van der Waals surface area contributed by atoms with Crippen LogP contribution in [0.15, 0.2) is 24.5 Å². The molecule has 9 heteroatoms. The molecule has 0 amide bonds. The van der Waals surface area contributed by atoms with E-state index in [0.717, 1.165) is 73.6 Å². The minimum atomic E-state index is 0.00552. The van der Waals surface area contributed by atoms with Crippen molar-refractivity contribution in [3.05, 3.63) is 40.3 Å². The van der Waals surface area contributed by atoms with E-state index in [2.05, 4.69) is 40.2 Å². The van der Waals surface area contributed by atoms with Crippen molar-refractivity contribution in [3.8, 4) is 0 Å². The van der Waals surface area contributed by atoms with Gasteiger partial charge in [0.2, 0.25) is 5.95 Å². The summed E-state index contributed by atoms with van der Waals surface area (Å²) in [6, 6.07) is 4.13. The topological polar surface area (TPSA) is 68.1 Å². The second-order valence-electron chi connectivity index (χ2n) is 10.6. The quantitative estimate of drug-likeness (QED) is 0.481. The lowest BCUT2D eigenvalue weighted by Crippen LogP contribution is -2.61. The smallest absolute Gasteiger partial charge is 0.227 e. The first-order valence-corrected chi connectivity index (χ1v) is 12.9. The number of anilines is 2. The Hall–Kier alpha value is -1.93. The van der Waals surface area contributed by atoms with Crippen molar-refractivity contribution in [2.75, 3.05) is 31.6 Å². The number of likely N-dealkylation sites (tertiary alicyclic amines) is 1. The predicted octanol–water partition coefficient (Wildman–Crippen LogP) is 5.74. The summed E-state index contributed by atoms with van der Waals surface area (Å²) in [5.74, 6) is 0.939. The highest BCUT2D eigenvalue weighted by molar-refractivity contribution is 6.32. The number of hydrogen-bond donors (Lipinski definition) is 1. The van der Waals surface area contributed by atoms with Gasteiger partial charge in [-0.15, -0.1) is 0 Å². The van der Waals surface area contributed by atoms with E-state index in [0.29, 0.717) is 17.0 Å². The van der Waals surface area contributed by atoms with Gasteiger partial charge in [0, 0.05) is 16.6 Å². The summed E-state index contributed by atoms with van der Waals surface area (Å²) >= 11 is 13.4. The zero-order valence-corrected chi connectivity index (χ0v) is 21.2. The van der Waals surface area contributed by atoms with Crippen molar-refractivity contribution in [2.45, 2.75) is 62.9 Å². The van der Waals surface area contributed by atoms with E-state index < -0.39 is 0 Å². The van der Waals surface area contributed by atoms with Gasteiger partial charge >= 0.3 is 0 Å². The molecule has 180 valence electrons. The number of nitrogens with zero attached hydrogens (tertiary/aromatic N) is 5. The monoisotopic (exact) mass is 500 g/mol. The molecule has 2 aromatic heterocycles. The van der Waals surface area contributed by atoms with Crippen LogP contribution in [-0.2, 0) is 10.3 Å². The number of ether oxygens (including phenoxy) is 1. The van der Waals surface area contributed by atoms with Crippen LogP contribution < -0.4 is 5.32 Å². The Morgan fingerprint density at radius 2 is 1.82 bits per heavy atom. The molecule has 6 rings (SSSR count). The molecule has 3 aliphatic rings. The number of piperidine rings is 1. The molecule has 0 spiro atoms. The molecule has 1 aromatic carbocycles. The van der Waals surface area contributed by atoms with E-state index in [1.807, 2.05) is 16.9 Å². The Bertz CT molecular complexity index is 1230. The van der Waals surface area contributed by atoms with Gasteiger partial charge in [-0.2, -0.15) is 5.10 Å². The number of halogens is 2. The normalized spacial score (nSPS) is 22.4. The first-order valence-electron chi connectivity index (χ1n) is 12.1. The van der Waals surface area contributed by atoms with Crippen LogP contribution in [0.25, 0.3) is 10.9 Å². The minimum Gasteiger partial charge on any atom is -0.377 e. The summed E-state index contributed by atoms with van der Waals surface area (Å²) in [4.78, 5) is 11.8. The van der Waals surface area contributed by atoms with Gasteiger partial charge in [-0.05, 0) is 82.7 Å². The first kappa shape index (κ1) is 22.5. The molecule has 0 atom stereocenters. The third-order valence-electron chi connectivity index (χ3n) is 8.12. The van der Waals surface area contributed by atoms with Crippen molar-refractivity contribution in [2.24, 2.45) is 0 Å². The van der Waals surface area contributed by atoms with Gasteiger partial charge in [0.1, 0.15) is 0 Å². The fourth-order valence-corrected chi connectivity index (χ4v) is 6.24. The van der Waals surface area contributed by atoms with Gasteiger partial charge in [-0.3, -0.25) is 4.90 Å². The SMILES string of the molecule is CC1(N2CCC(c3cc4nc(Nc5cnn(C6(C)CCC6)c5Cl)ncc4cc3Cl)CC2)COC1. The zero-order valence-electron chi connectivity index (χ0n) is 19.7. The molecule has 1 aliphatic carbocycles. The van der Waals surface area contributed by atoms with E-state index in [1.54, 1.807) is 6.20 Å². The Balaban J connectivity index is 1.22. The lowest BCUT2D eigenvalue weighted by Gasteiger charge is -2.50. The summed E-state index contributed by atoms with van der Waals surface area (Å²) < 4.78 is 7.38. The molecule has 0 radical (unpaired) electrons. The molecular formula is C25H30Cl2N6O. The van der Waals surface area contributed by atoms with Gasteiger partial charge in [0.05, 0.1) is 41.7 Å². The Morgan fingerprint density at radius 1 is 1.06 bits per heavy atom. The number of rotatable bonds is 5. The number of benzene rings is 1. The van der Waals surface area contributed by atoms with Crippen LogP contribution >= 0.6 is 23.2 Å². The Labute approximate surface area is 209 Å². The molecule has 3 aromatic rings. The molecule has 0 bridgehead atoms. The summed E-state index contributed by atoms with van der Waals surface area (Å²) in [6.45, 7) is 8.30. The highest BCUT2D eigenvalue weighted by atomic mass is 35.5. The van der Waals surface area contributed by atoms with Crippen molar-refractivity contribution in [1.29, 1.82) is 0 Å². The second kappa shape index (κ2) is 8.33. The maximum Gasteiger partial charge on any atom is 0.227 e. The predicted molar refractivity (Wildman–Crippen MR) is 135 cm³/mol. The standard InChI is InChI=1S/C25H30Cl2N6O/c1-24(6-3-7-24)33-22(27)21(13-29-33)31-23-28-12-17-10-19(26)18(11-20(17)30-23)16-4-8-32(9-5-16)25(2)14-34-15-25/h10-13,16H,3-9,14-15H2,1-2H3,(H,28,30,31).